The molecule has 1 aromatic carbocycles. The average molecular weight is 357 g/mol. The minimum absolute atomic E-state index is 0.0384. The Balaban J connectivity index is 1.46. The summed E-state index contributed by atoms with van der Waals surface area (Å²) in [6.45, 7) is 4.78. The Bertz CT molecular complexity index is 936. The molecule has 7 heteroatoms. The van der Waals surface area contributed by atoms with Gasteiger partial charge in [0.15, 0.2) is 16.5 Å². The van der Waals surface area contributed by atoms with Crippen LogP contribution in [0.25, 0.3) is 4.96 Å². The third-order valence-corrected chi connectivity index (χ3v) is 4.98. The van der Waals surface area contributed by atoms with E-state index in [-0.39, 0.29) is 11.7 Å². The van der Waals surface area contributed by atoms with Gasteiger partial charge in [-0.1, -0.05) is 19.1 Å². The first-order valence-electron chi connectivity index (χ1n) is 8.29. The molecule has 1 aliphatic rings. The lowest BCUT2D eigenvalue weighted by atomic mass is 10.2. The highest BCUT2D eigenvalue weighted by Crippen LogP contribution is 2.31. The fourth-order valence-corrected chi connectivity index (χ4v) is 3.68. The molecule has 1 atom stereocenters. The third kappa shape index (κ3) is 3.38. The fraction of sp³-hybridized carbons (Fsp3) is 0.333. The van der Waals surface area contributed by atoms with E-state index in [4.69, 9.17) is 9.47 Å². The van der Waals surface area contributed by atoms with Crippen LogP contribution in [-0.4, -0.2) is 40.1 Å². The summed E-state index contributed by atoms with van der Waals surface area (Å²) >= 11 is 1.47. The van der Waals surface area contributed by atoms with Crippen molar-refractivity contribution in [1.29, 1.82) is 0 Å². The molecule has 130 valence electrons. The molecule has 0 saturated carbocycles. The third-order valence-electron chi connectivity index (χ3n) is 4.22. The van der Waals surface area contributed by atoms with E-state index in [2.05, 4.69) is 16.8 Å². The van der Waals surface area contributed by atoms with Gasteiger partial charge in [-0.3, -0.25) is 14.1 Å². The number of ether oxygens (including phenoxy) is 2. The number of rotatable bonds is 5. The van der Waals surface area contributed by atoms with Gasteiger partial charge in [0.05, 0.1) is 5.69 Å². The van der Waals surface area contributed by atoms with E-state index < -0.39 is 0 Å². The zero-order valence-electron chi connectivity index (χ0n) is 13.9. The van der Waals surface area contributed by atoms with Gasteiger partial charge in [-0.15, -0.1) is 11.3 Å². The second-order valence-electron chi connectivity index (χ2n) is 5.97. The molecule has 1 aliphatic heterocycles. The van der Waals surface area contributed by atoms with Crippen LogP contribution >= 0.6 is 11.3 Å². The first-order chi connectivity index (χ1) is 12.2. The van der Waals surface area contributed by atoms with Gasteiger partial charge in [0.1, 0.15) is 12.7 Å². The summed E-state index contributed by atoms with van der Waals surface area (Å²) in [5.41, 5.74) is 0.745. The summed E-state index contributed by atoms with van der Waals surface area (Å²) in [5.74, 6) is 1.57. The van der Waals surface area contributed by atoms with E-state index in [1.54, 1.807) is 16.7 Å². The van der Waals surface area contributed by atoms with Crippen molar-refractivity contribution in [2.24, 2.45) is 0 Å². The van der Waals surface area contributed by atoms with E-state index in [1.807, 2.05) is 29.6 Å². The molecule has 4 rings (SSSR count). The van der Waals surface area contributed by atoms with E-state index in [0.29, 0.717) is 13.2 Å². The quantitative estimate of drug-likeness (QED) is 0.702. The Morgan fingerprint density at radius 2 is 2.20 bits per heavy atom. The Labute approximate surface area is 149 Å². The Kier molecular flexibility index (Phi) is 4.42. The molecule has 3 heterocycles. The lowest BCUT2D eigenvalue weighted by molar-refractivity contribution is 0.0577. The zero-order chi connectivity index (χ0) is 17.2. The molecule has 0 N–H and O–H groups in total. The van der Waals surface area contributed by atoms with Crippen molar-refractivity contribution >= 4 is 16.3 Å². The lowest BCUT2D eigenvalue weighted by Crippen LogP contribution is -2.41. The van der Waals surface area contributed by atoms with Crippen LogP contribution in [0.5, 0.6) is 11.5 Å². The number of thiazole rings is 1. The van der Waals surface area contributed by atoms with Crippen molar-refractivity contribution in [1.82, 2.24) is 14.3 Å². The summed E-state index contributed by atoms with van der Waals surface area (Å²) in [6, 6.07) is 9.32. The summed E-state index contributed by atoms with van der Waals surface area (Å²) in [6.07, 6.45) is 1.71. The van der Waals surface area contributed by atoms with E-state index in [1.165, 1.54) is 11.3 Å². The van der Waals surface area contributed by atoms with Crippen molar-refractivity contribution < 1.29 is 9.47 Å². The van der Waals surface area contributed by atoms with Crippen molar-refractivity contribution in [2.45, 2.75) is 19.6 Å². The molecule has 0 aliphatic carbocycles. The van der Waals surface area contributed by atoms with Crippen LogP contribution < -0.4 is 15.0 Å². The highest BCUT2D eigenvalue weighted by molar-refractivity contribution is 7.15. The first-order valence-corrected chi connectivity index (χ1v) is 9.17. The summed E-state index contributed by atoms with van der Waals surface area (Å²) in [5, 5.41) is 1.87. The van der Waals surface area contributed by atoms with Crippen LogP contribution in [-0.2, 0) is 6.54 Å². The van der Waals surface area contributed by atoms with Gasteiger partial charge < -0.3 is 9.47 Å². The Hall–Kier alpha value is -2.38. The number of aromatic nitrogens is 2. The standard InChI is InChI=1S/C18H19N3O3S/c1-2-20(10-13-9-17(22)21-7-8-25-18(21)19-13)11-14-12-23-15-5-3-4-6-16(15)24-14/h3-9,14H,2,10-12H2,1H3. The molecule has 3 aromatic rings. The topological polar surface area (TPSA) is 56.1 Å². The van der Waals surface area contributed by atoms with Gasteiger partial charge in [0, 0.05) is 30.7 Å². The summed E-state index contributed by atoms with van der Waals surface area (Å²) in [4.78, 5) is 19.6. The van der Waals surface area contributed by atoms with Gasteiger partial charge >= 0.3 is 0 Å². The highest BCUT2D eigenvalue weighted by Gasteiger charge is 2.23. The average Bonchev–Trinajstić information content (AvgIpc) is 3.10. The van der Waals surface area contributed by atoms with E-state index in [0.717, 1.165) is 35.2 Å². The molecule has 6 nitrogen and oxygen atoms in total. The van der Waals surface area contributed by atoms with Crippen LogP contribution in [0.15, 0.2) is 46.7 Å². The second-order valence-corrected chi connectivity index (χ2v) is 6.84. The highest BCUT2D eigenvalue weighted by atomic mass is 32.1. The predicted molar refractivity (Wildman–Crippen MR) is 96.6 cm³/mol. The molecule has 0 amide bonds. The molecule has 0 fully saturated rings. The number of hydrogen-bond donors (Lipinski definition) is 0. The lowest BCUT2D eigenvalue weighted by Gasteiger charge is -2.30. The van der Waals surface area contributed by atoms with Gasteiger partial charge in [0.25, 0.3) is 5.56 Å². The van der Waals surface area contributed by atoms with Gasteiger partial charge in [-0.05, 0) is 18.7 Å². The number of nitrogens with zero attached hydrogens (tertiary/aromatic N) is 3. The minimum atomic E-state index is -0.0404. The van der Waals surface area contributed by atoms with Gasteiger partial charge in [0.2, 0.25) is 0 Å². The maximum atomic E-state index is 12.1. The molecule has 1 unspecified atom stereocenters. The van der Waals surface area contributed by atoms with Crippen LogP contribution in [0.1, 0.15) is 12.6 Å². The monoisotopic (exact) mass is 357 g/mol. The molecular formula is C18H19N3O3S. The summed E-state index contributed by atoms with van der Waals surface area (Å²) < 4.78 is 13.4. The number of hydrogen-bond acceptors (Lipinski definition) is 6. The van der Waals surface area contributed by atoms with Crippen LogP contribution in [0.4, 0.5) is 0 Å². The van der Waals surface area contributed by atoms with Crippen LogP contribution in [0.3, 0.4) is 0 Å². The normalized spacial score (nSPS) is 16.5. The van der Waals surface area contributed by atoms with E-state index in [9.17, 15) is 4.79 Å². The smallest absolute Gasteiger partial charge is 0.258 e. The molecular weight excluding hydrogens is 338 g/mol. The zero-order valence-corrected chi connectivity index (χ0v) is 14.7. The number of benzene rings is 1. The first kappa shape index (κ1) is 16.1. The predicted octanol–water partition coefficient (Wildman–Crippen LogP) is 2.42. The van der Waals surface area contributed by atoms with Crippen molar-refractivity contribution in [3.05, 3.63) is 58.0 Å². The maximum absolute atomic E-state index is 12.1. The second kappa shape index (κ2) is 6.85. The number of fused-ring (bicyclic) bond motifs is 2. The van der Waals surface area contributed by atoms with Gasteiger partial charge in [-0.25, -0.2) is 4.98 Å². The molecule has 0 radical (unpaired) electrons. The molecule has 0 saturated heterocycles. The largest absolute Gasteiger partial charge is 0.486 e. The van der Waals surface area contributed by atoms with Crippen molar-refractivity contribution in [2.75, 3.05) is 19.7 Å². The number of likely N-dealkylation sites (N-methyl/N-ethyl adjacent to an activating group) is 1. The molecule has 0 spiro atoms. The number of para-hydroxylation sites is 2. The van der Waals surface area contributed by atoms with Gasteiger partial charge in [-0.2, -0.15) is 0 Å². The Morgan fingerprint density at radius 3 is 3.04 bits per heavy atom. The van der Waals surface area contributed by atoms with E-state index >= 15 is 0 Å². The van der Waals surface area contributed by atoms with Crippen molar-refractivity contribution in [3.8, 4) is 11.5 Å². The van der Waals surface area contributed by atoms with Crippen LogP contribution in [0, 0.1) is 0 Å². The maximum Gasteiger partial charge on any atom is 0.258 e. The molecule has 0 bridgehead atoms. The van der Waals surface area contributed by atoms with Crippen molar-refractivity contribution in [3.63, 3.8) is 0 Å². The minimum Gasteiger partial charge on any atom is -0.486 e. The van der Waals surface area contributed by atoms with Crippen LogP contribution in [0.2, 0.25) is 0 Å². The fourth-order valence-electron chi connectivity index (χ4n) is 2.94. The summed E-state index contributed by atoms with van der Waals surface area (Å²) in [7, 11) is 0. The Morgan fingerprint density at radius 1 is 1.36 bits per heavy atom. The SMILES string of the molecule is CCN(Cc1cc(=O)n2ccsc2n1)CC1COc2ccccc2O1. The molecule has 25 heavy (non-hydrogen) atoms. The molecule has 2 aromatic heterocycles.